The molecule has 0 saturated carbocycles. The molecule has 0 radical (unpaired) electrons. The van der Waals surface area contributed by atoms with E-state index in [1.165, 1.54) is 18.5 Å². The number of hydrogen-bond acceptors (Lipinski definition) is 8. The Hall–Kier alpha value is -2.82. The Morgan fingerprint density at radius 2 is 1.97 bits per heavy atom. The van der Waals surface area contributed by atoms with Gasteiger partial charge in [-0.1, -0.05) is 0 Å². The zero-order chi connectivity index (χ0) is 22.9. The van der Waals surface area contributed by atoms with E-state index in [1.54, 1.807) is 31.8 Å². The topological polar surface area (TPSA) is 97.7 Å². The lowest BCUT2D eigenvalue weighted by atomic mass is 10.1. The molecule has 0 spiro atoms. The van der Waals surface area contributed by atoms with Crippen molar-refractivity contribution in [3.63, 3.8) is 0 Å². The Kier molecular flexibility index (Phi) is 6.27. The molecule has 170 valence electrons. The molecule has 4 rings (SSSR count). The highest BCUT2D eigenvalue weighted by Crippen LogP contribution is 2.34. The molecule has 0 amide bonds. The van der Waals surface area contributed by atoms with E-state index in [9.17, 15) is 8.60 Å². The molecule has 0 unspecified atom stereocenters. The van der Waals surface area contributed by atoms with Crippen LogP contribution in [0.4, 0.5) is 21.6 Å². The fraction of sp³-hybridized carbons (Fsp3) is 0.364. The first-order valence-electron chi connectivity index (χ1n) is 10.1. The molecule has 10 heteroatoms. The van der Waals surface area contributed by atoms with Gasteiger partial charge in [0.05, 0.1) is 16.9 Å². The molecule has 1 aliphatic rings. The number of hydrogen-bond donors (Lipinski definition) is 2. The van der Waals surface area contributed by atoms with E-state index in [-0.39, 0.29) is 12.2 Å². The second kappa shape index (κ2) is 8.97. The second-order valence-corrected chi connectivity index (χ2v) is 10.6. The number of halogens is 1. The molecule has 32 heavy (non-hydrogen) atoms. The fourth-order valence-corrected chi connectivity index (χ4v) is 4.36. The molecular formula is C22H26FN5O3S. The first-order valence-corrected chi connectivity index (χ1v) is 12.5. The van der Waals surface area contributed by atoms with Crippen LogP contribution in [-0.2, 0) is 14.5 Å². The summed E-state index contributed by atoms with van der Waals surface area (Å²) in [7, 11) is -0.671. The number of aromatic nitrogens is 2. The van der Waals surface area contributed by atoms with Gasteiger partial charge in [-0.2, -0.15) is 4.36 Å². The summed E-state index contributed by atoms with van der Waals surface area (Å²) in [4.78, 5) is 8.75. The average molecular weight is 460 g/mol. The summed E-state index contributed by atoms with van der Waals surface area (Å²) in [5.41, 5.74) is 2.71. The molecule has 1 fully saturated rings. The van der Waals surface area contributed by atoms with Gasteiger partial charge in [0.15, 0.2) is 0 Å². The monoisotopic (exact) mass is 459 g/mol. The highest BCUT2D eigenvalue weighted by Gasteiger charge is 2.29. The van der Waals surface area contributed by atoms with Crippen LogP contribution in [-0.4, -0.2) is 59.1 Å². The number of nitrogens with one attached hydrogen (secondary N) is 2. The summed E-state index contributed by atoms with van der Waals surface area (Å²) in [6.07, 6.45) is 4.25. The van der Waals surface area contributed by atoms with Crippen molar-refractivity contribution >= 4 is 37.8 Å². The minimum atomic E-state index is -2.30. The summed E-state index contributed by atoms with van der Waals surface area (Å²) in [5, 5.41) is 7.27. The van der Waals surface area contributed by atoms with Gasteiger partial charge < -0.3 is 20.1 Å². The number of rotatable bonds is 6. The quantitative estimate of drug-likeness (QED) is 0.582. The normalized spacial score (nSPS) is 18.7. The number of fused-ring (bicyclic) bond motifs is 1. The number of nitrogens with zero attached hydrogens (tertiary/aromatic N) is 3. The molecule has 1 saturated heterocycles. The van der Waals surface area contributed by atoms with E-state index in [2.05, 4.69) is 25.0 Å². The van der Waals surface area contributed by atoms with Crippen LogP contribution in [0.5, 0.6) is 5.75 Å². The van der Waals surface area contributed by atoms with Crippen LogP contribution in [0.15, 0.2) is 41.0 Å². The summed E-state index contributed by atoms with van der Waals surface area (Å²) in [5.74, 6) is 0.522. The van der Waals surface area contributed by atoms with Crippen molar-refractivity contribution in [2.24, 2.45) is 4.36 Å². The van der Waals surface area contributed by atoms with Crippen molar-refractivity contribution in [3.05, 3.63) is 48.0 Å². The highest BCUT2D eigenvalue weighted by molar-refractivity contribution is 7.92. The molecule has 2 atom stereocenters. The van der Waals surface area contributed by atoms with E-state index in [0.29, 0.717) is 41.5 Å². The first kappa shape index (κ1) is 22.4. The zero-order valence-corrected chi connectivity index (χ0v) is 19.2. The van der Waals surface area contributed by atoms with Crippen LogP contribution < -0.4 is 15.4 Å². The maximum absolute atomic E-state index is 14.0. The standard InChI is InChI=1S/C22H26FN5O3S/c1-13-7-15(28-32(3,4)29)9-17-21(13)22(26-12-25-17)27-16-6-5-14(23)8-18(16)31-20-11-24-10-19(20)30-2/h5-9,12,19-20,24H,10-11H2,1-4H3,(H,25,26,27)/t19-,20-/m1/s1. The van der Waals surface area contributed by atoms with Crippen molar-refractivity contribution in [1.29, 1.82) is 0 Å². The Morgan fingerprint density at radius 1 is 1.19 bits per heavy atom. The lowest BCUT2D eigenvalue weighted by Crippen LogP contribution is -2.31. The van der Waals surface area contributed by atoms with Crippen molar-refractivity contribution in [2.75, 3.05) is 38.0 Å². The van der Waals surface area contributed by atoms with Crippen LogP contribution in [0.1, 0.15) is 5.56 Å². The highest BCUT2D eigenvalue weighted by atomic mass is 32.2. The van der Waals surface area contributed by atoms with Crippen molar-refractivity contribution in [2.45, 2.75) is 19.1 Å². The van der Waals surface area contributed by atoms with E-state index >= 15 is 0 Å². The lowest BCUT2D eigenvalue weighted by molar-refractivity contribution is 0.0348. The van der Waals surface area contributed by atoms with Crippen LogP contribution in [0.3, 0.4) is 0 Å². The van der Waals surface area contributed by atoms with Crippen LogP contribution in [0.25, 0.3) is 10.9 Å². The van der Waals surface area contributed by atoms with E-state index in [1.807, 2.05) is 13.0 Å². The number of aryl methyl sites for hydroxylation is 1. The third-order valence-electron chi connectivity index (χ3n) is 5.13. The second-order valence-electron chi connectivity index (χ2n) is 8.01. The van der Waals surface area contributed by atoms with Gasteiger partial charge in [0.1, 0.15) is 35.9 Å². The van der Waals surface area contributed by atoms with Gasteiger partial charge >= 0.3 is 0 Å². The number of methoxy groups -OCH3 is 1. The Bertz CT molecular complexity index is 1270. The van der Waals surface area contributed by atoms with Crippen LogP contribution in [0.2, 0.25) is 0 Å². The predicted octanol–water partition coefficient (Wildman–Crippen LogP) is 3.55. The number of ether oxygens (including phenoxy) is 2. The smallest absolute Gasteiger partial charge is 0.146 e. The molecule has 2 N–H and O–H groups in total. The molecule has 2 aromatic carbocycles. The van der Waals surface area contributed by atoms with E-state index < -0.39 is 15.5 Å². The van der Waals surface area contributed by atoms with Crippen LogP contribution in [0, 0.1) is 12.7 Å². The Labute approximate surface area is 186 Å². The van der Waals surface area contributed by atoms with Crippen molar-refractivity contribution < 1.29 is 18.1 Å². The van der Waals surface area contributed by atoms with Crippen LogP contribution >= 0.6 is 0 Å². The summed E-state index contributed by atoms with van der Waals surface area (Å²) in [6.45, 7) is 3.19. The van der Waals surface area contributed by atoms with Crippen molar-refractivity contribution in [1.82, 2.24) is 15.3 Å². The van der Waals surface area contributed by atoms with Gasteiger partial charge in [0.2, 0.25) is 0 Å². The average Bonchev–Trinajstić information content (AvgIpc) is 3.15. The van der Waals surface area contributed by atoms with E-state index in [4.69, 9.17) is 9.47 Å². The van der Waals surface area contributed by atoms with Gasteiger partial charge in [-0.3, -0.25) is 0 Å². The molecule has 3 aromatic rings. The summed E-state index contributed by atoms with van der Waals surface area (Å²) < 4.78 is 41.9. The summed E-state index contributed by atoms with van der Waals surface area (Å²) >= 11 is 0. The molecule has 2 heterocycles. The molecule has 8 nitrogen and oxygen atoms in total. The van der Waals surface area contributed by atoms with Gasteiger partial charge in [-0.15, -0.1) is 0 Å². The third kappa shape index (κ3) is 4.98. The lowest BCUT2D eigenvalue weighted by Gasteiger charge is -2.21. The molecule has 1 aromatic heterocycles. The SMILES string of the molecule is CO[C@@H]1CNC[C@H]1Oc1cc(F)ccc1Nc1ncnc2cc(N=S(C)(C)=O)cc(C)c12. The molecule has 1 aliphatic heterocycles. The van der Waals surface area contributed by atoms with Gasteiger partial charge in [-0.05, 0) is 36.8 Å². The molecule has 0 aliphatic carbocycles. The Morgan fingerprint density at radius 3 is 2.72 bits per heavy atom. The Balaban J connectivity index is 1.72. The van der Waals surface area contributed by atoms with Gasteiger partial charge in [0.25, 0.3) is 0 Å². The minimum absolute atomic E-state index is 0.122. The summed E-state index contributed by atoms with van der Waals surface area (Å²) in [6, 6.07) is 7.95. The maximum atomic E-state index is 14.0. The number of anilines is 2. The third-order valence-corrected chi connectivity index (χ3v) is 5.78. The zero-order valence-electron chi connectivity index (χ0n) is 18.4. The van der Waals surface area contributed by atoms with E-state index in [0.717, 1.165) is 10.9 Å². The van der Waals surface area contributed by atoms with Gasteiger partial charge in [-0.25, -0.2) is 18.6 Å². The fourth-order valence-electron chi connectivity index (χ4n) is 3.75. The maximum Gasteiger partial charge on any atom is 0.146 e. The predicted molar refractivity (Wildman–Crippen MR) is 124 cm³/mol. The number of benzene rings is 2. The van der Waals surface area contributed by atoms with Crippen molar-refractivity contribution in [3.8, 4) is 5.75 Å². The molecule has 0 bridgehead atoms. The first-order chi connectivity index (χ1) is 15.2. The molecular weight excluding hydrogens is 433 g/mol. The van der Waals surface area contributed by atoms with Gasteiger partial charge in [0, 0.05) is 53.9 Å². The largest absolute Gasteiger partial charge is 0.484 e. The minimum Gasteiger partial charge on any atom is -0.484 e.